The summed E-state index contributed by atoms with van der Waals surface area (Å²) in [5, 5.41) is 11.8. The molecule has 0 unspecified atom stereocenters. The van der Waals surface area contributed by atoms with Crippen LogP contribution in [0.1, 0.15) is 22.8 Å². The minimum atomic E-state index is -0.726. The lowest BCUT2D eigenvalue weighted by Gasteiger charge is -2.06. The fourth-order valence-corrected chi connectivity index (χ4v) is 2.26. The molecule has 0 aromatic heterocycles. The van der Waals surface area contributed by atoms with Gasteiger partial charge in [0.2, 0.25) is 0 Å². The van der Waals surface area contributed by atoms with Crippen LogP contribution in [0.15, 0.2) is 48.0 Å². The van der Waals surface area contributed by atoms with Crippen LogP contribution in [-0.4, -0.2) is 18.5 Å². The van der Waals surface area contributed by atoms with Crippen LogP contribution >= 0.6 is 11.6 Å². The van der Waals surface area contributed by atoms with Crippen molar-refractivity contribution in [3.63, 3.8) is 0 Å². The molecule has 0 aliphatic rings. The lowest BCUT2D eigenvalue weighted by molar-refractivity contribution is -0.112. The Morgan fingerprint density at radius 1 is 1.27 bits per heavy atom. The second-order valence-electron chi connectivity index (χ2n) is 5.06. The van der Waals surface area contributed by atoms with E-state index in [2.05, 4.69) is 5.32 Å². The summed E-state index contributed by atoms with van der Waals surface area (Å²) in [6.07, 6.45) is 1.08. The second-order valence-corrected chi connectivity index (χ2v) is 5.46. The predicted octanol–water partition coefficient (Wildman–Crippen LogP) is 4.20. The minimum absolute atomic E-state index is 0.0430. The Hall–Kier alpha value is -3.17. The largest absolute Gasteiger partial charge is 0.462 e. The van der Waals surface area contributed by atoms with Crippen LogP contribution in [0, 0.1) is 17.1 Å². The van der Waals surface area contributed by atoms with Crippen LogP contribution in [0.5, 0.6) is 0 Å². The quantitative estimate of drug-likeness (QED) is 0.484. The van der Waals surface area contributed by atoms with Gasteiger partial charge in [-0.2, -0.15) is 5.26 Å². The minimum Gasteiger partial charge on any atom is -0.462 e. The van der Waals surface area contributed by atoms with E-state index in [0.717, 1.165) is 6.08 Å². The van der Waals surface area contributed by atoms with Gasteiger partial charge in [-0.3, -0.25) is 4.79 Å². The zero-order chi connectivity index (χ0) is 19.1. The number of benzene rings is 2. The van der Waals surface area contributed by atoms with E-state index in [1.165, 1.54) is 42.5 Å². The second kappa shape index (κ2) is 8.79. The predicted molar refractivity (Wildman–Crippen MR) is 96.0 cm³/mol. The maximum atomic E-state index is 13.8. The molecule has 0 heterocycles. The van der Waals surface area contributed by atoms with E-state index < -0.39 is 17.7 Å². The number of ether oxygens (including phenoxy) is 1. The van der Waals surface area contributed by atoms with Crippen LogP contribution in [-0.2, 0) is 9.53 Å². The number of carbonyl (C=O) groups is 2. The smallest absolute Gasteiger partial charge is 0.338 e. The van der Waals surface area contributed by atoms with Gasteiger partial charge in [0.05, 0.1) is 17.2 Å². The van der Waals surface area contributed by atoms with E-state index in [9.17, 15) is 19.2 Å². The third-order valence-corrected chi connectivity index (χ3v) is 3.64. The Kier molecular flexibility index (Phi) is 6.48. The molecule has 132 valence electrons. The summed E-state index contributed by atoms with van der Waals surface area (Å²) in [7, 11) is 0. The van der Waals surface area contributed by atoms with Crippen molar-refractivity contribution in [2.24, 2.45) is 0 Å². The molecule has 2 aromatic rings. The molecule has 0 atom stereocenters. The van der Waals surface area contributed by atoms with Gasteiger partial charge in [0.15, 0.2) is 0 Å². The normalized spacial score (nSPS) is 10.8. The number of hydrogen-bond acceptors (Lipinski definition) is 4. The molecule has 0 fully saturated rings. The van der Waals surface area contributed by atoms with Gasteiger partial charge in [0, 0.05) is 11.3 Å². The van der Waals surface area contributed by atoms with Gasteiger partial charge in [0.25, 0.3) is 5.91 Å². The Morgan fingerprint density at radius 3 is 2.54 bits per heavy atom. The summed E-state index contributed by atoms with van der Waals surface area (Å²) in [5.74, 6) is -1.84. The summed E-state index contributed by atoms with van der Waals surface area (Å²) in [6, 6.07) is 11.7. The molecule has 0 spiro atoms. The van der Waals surface area contributed by atoms with Crippen LogP contribution in [0.4, 0.5) is 10.1 Å². The molecule has 2 rings (SSSR count). The van der Waals surface area contributed by atoms with Crippen molar-refractivity contribution < 1.29 is 18.7 Å². The van der Waals surface area contributed by atoms with Gasteiger partial charge < -0.3 is 10.1 Å². The molecule has 2 aromatic carbocycles. The first-order chi connectivity index (χ1) is 12.5. The van der Waals surface area contributed by atoms with Gasteiger partial charge in [-0.05, 0) is 49.4 Å². The number of esters is 1. The van der Waals surface area contributed by atoms with Crippen molar-refractivity contribution in [3.8, 4) is 6.07 Å². The molecule has 0 bridgehead atoms. The molecule has 0 aliphatic carbocycles. The molecule has 0 aliphatic heterocycles. The fourth-order valence-electron chi connectivity index (χ4n) is 2.04. The highest BCUT2D eigenvalue weighted by Gasteiger charge is 2.13. The summed E-state index contributed by atoms with van der Waals surface area (Å²) in [5.41, 5.74) is 0.341. The number of nitrogens with one attached hydrogen (secondary N) is 1. The zero-order valence-electron chi connectivity index (χ0n) is 13.8. The van der Waals surface area contributed by atoms with Crippen molar-refractivity contribution in [3.05, 3.63) is 70.0 Å². The number of amides is 1. The van der Waals surface area contributed by atoms with Crippen LogP contribution in [0.2, 0.25) is 5.02 Å². The molecule has 0 radical (unpaired) electrons. The third kappa shape index (κ3) is 4.68. The maximum Gasteiger partial charge on any atom is 0.338 e. The van der Waals surface area contributed by atoms with Crippen LogP contribution in [0.25, 0.3) is 6.08 Å². The van der Waals surface area contributed by atoms with E-state index >= 15 is 0 Å². The average Bonchev–Trinajstić information content (AvgIpc) is 2.62. The third-order valence-electron chi connectivity index (χ3n) is 3.31. The highest BCUT2D eigenvalue weighted by Crippen LogP contribution is 2.22. The van der Waals surface area contributed by atoms with Crippen LogP contribution < -0.4 is 5.32 Å². The Balaban J connectivity index is 2.18. The average molecular weight is 373 g/mol. The number of nitriles is 1. The molecule has 26 heavy (non-hydrogen) atoms. The first-order valence-corrected chi connectivity index (χ1v) is 7.98. The molecular formula is C19H14ClFN2O3. The molecular weight excluding hydrogens is 359 g/mol. The van der Waals surface area contributed by atoms with E-state index in [1.54, 1.807) is 13.0 Å². The highest BCUT2D eigenvalue weighted by molar-refractivity contribution is 6.32. The van der Waals surface area contributed by atoms with E-state index in [0.29, 0.717) is 11.3 Å². The fraction of sp³-hybridized carbons (Fsp3) is 0.105. The number of rotatable bonds is 5. The lowest BCUT2D eigenvalue weighted by atomic mass is 10.1. The molecule has 7 heteroatoms. The molecule has 1 amide bonds. The zero-order valence-corrected chi connectivity index (χ0v) is 14.5. The van der Waals surface area contributed by atoms with Gasteiger partial charge in [-0.15, -0.1) is 0 Å². The molecule has 5 nitrogen and oxygen atoms in total. The van der Waals surface area contributed by atoms with Crippen molar-refractivity contribution >= 4 is 35.2 Å². The maximum absolute atomic E-state index is 13.8. The van der Waals surface area contributed by atoms with Crippen molar-refractivity contribution in [1.29, 1.82) is 5.26 Å². The van der Waals surface area contributed by atoms with E-state index in [1.807, 2.05) is 0 Å². The number of halogens is 2. The first-order valence-electron chi connectivity index (χ1n) is 7.60. The number of nitrogens with zero attached hydrogens (tertiary/aromatic N) is 1. The van der Waals surface area contributed by atoms with Gasteiger partial charge in [0.1, 0.15) is 17.5 Å². The van der Waals surface area contributed by atoms with Gasteiger partial charge >= 0.3 is 5.97 Å². The van der Waals surface area contributed by atoms with E-state index in [-0.39, 0.29) is 22.8 Å². The Morgan fingerprint density at radius 2 is 1.96 bits per heavy atom. The number of anilines is 1. The molecule has 1 N–H and O–H groups in total. The monoisotopic (exact) mass is 372 g/mol. The molecule has 0 saturated carbocycles. The standard InChI is InChI=1S/C19H14ClFN2O3/c1-2-26-19(25)12-6-8-14(9-7-12)23-18(24)13(11-22)10-15-16(20)4-3-5-17(15)21/h3-10H,2H2,1H3,(H,23,24)/b13-10+. The van der Waals surface area contributed by atoms with Gasteiger partial charge in [-0.1, -0.05) is 17.7 Å². The molecule has 0 saturated heterocycles. The topological polar surface area (TPSA) is 79.2 Å². The number of hydrogen-bond donors (Lipinski definition) is 1. The Labute approximate surface area is 154 Å². The number of carbonyl (C=O) groups excluding carboxylic acids is 2. The summed E-state index contributed by atoms with van der Waals surface area (Å²) in [6.45, 7) is 1.95. The van der Waals surface area contributed by atoms with Crippen molar-refractivity contribution in [2.75, 3.05) is 11.9 Å². The summed E-state index contributed by atoms with van der Waals surface area (Å²) >= 11 is 5.90. The van der Waals surface area contributed by atoms with E-state index in [4.69, 9.17) is 16.3 Å². The van der Waals surface area contributed by atoms with Crippen molar-refractivity contribution in [1.82, 2.24) is 0 Å². The Bertz CT molecular complexity index is 882. The lowest BCUT2D eigenvalue weighted by Crippen LogP contribution is -2.14. The van der Waals surface area contributed by atoms with Crippen LogP contribution in [0.3, 0.4) is 0 Å². The van der Waals surface area contributed by atoms with Gasteiger partial charge in [-0.25, -0.2) is 9.18 Å². The SMILES string of the molecule is CCOC(=O)c1ccc(NC(=O)/C(C#N)=C/c2c(F)cccc2Cl)cc1. The van der Waals surface area contributed by atoms with Crippen molar-refractivity contribution in [2.45, 2.75) is 6.92 Å². The summed E-state index contributed by atoms with van der Waals surface area (Å²) < 4.78 is 18.7. The first kappa shape index (κ1) is 19.2. The highest BCUT2D eigenvalue weighted by atomic mass is 35.5. The summed E-state index contributed by atoms with van der Waals surface area (Å²) in [4.78, 5) is 23.8.